The zero-order valence-electron chi connectivity index (χ0n) is 9.58. The van der Waals surface area contributed by atoms with Crippen molar-refractivity contribution in [3.63, 3.8) is 0 Å². The van der Waals surface area contributed by atoms with Crippen molar-refractivity contribution in [1.29, 1.82) is 0 Å². The number of nitrogens with two attached hydrogens (primary N) is 1. The second-order valence-corrected chi connectivity index (χ2v) is 4.74. The molecule has 0 fully saturated rings. The van der Waals surface area contributed by atoms with Gasteiger partial charge in [-0.2, -0.15) is 0 Å². The zero-order chi connectivity index (χ0) is 11.9. The van der Waals surface area contributed by atoms with Crippen LogP contribution in [0.3, 0.4) is 0 Å². The third-order valence-electron chi connectivity index (χ3n) is 2.72. The maximum atomic E-state index is 5.78. The summed E-state index contributed by atoms with van der Waals surface area (Å²) in [5.74, 6) is 0.516. The van der Waals surface area contributed by atoms with Crippen LogP contribution >= 0.6 is 15.9 Å². The number of aryl methyl sites for hydroxylation is 2. The fourth-order valence-electron chi connectivity index (χ4n) is 1.85. The molecule has 0 aliphatic carbocycles. The number of nitrogens with zero attached hydrogens (tertiary/aromatic N) is 2. The summed E-state index contributed by atoms with van der Waals surface area (Å²) >= 11 is 3.45. The van der Waals surface area contributed by atoms with Crippen molar-refractivity contribution < 1.29 is 0 Å². The SMILES string of the molecule is Cc1ccc(-c2c(Br)nc(N)n2C)c(C)c1. The van der Waals surface area contributed by atoms with E-state index in [1.165, 1.54) is 11.1 Å². The number of benzene rings is 1. The van der Waals surface area contributed by atoms with Crippen LogP contribution in [-0.2, 0) is 7.05 Å². The fraction of sp³-hybridized carbons (Fsp3) is 0.250. The van der Waals surface area contributed by atoms with Gasteiger partial charge in [0.05, 0.1) is 5.69 Å². The molecule has 2 N–H and O–H groups in total. The van der Waals surface area contributed by atoms with Gasteiger partial charge < -0.3 is 10.3 Å². The van der Waals surface area contributed by atoms with Crippen molar-refractivity contribution in [2.75, 3.05) is 5.73 Å². The number of halogens is 1. The molecule has 0 amide bonds. The smallest absolute Gasteiger partial charge is 0.201 e. The molecule has 0 atom stereocenters. The Balaban J connectivity index is 2.67. The first-order valence-corrected chi connectivity index (χ1v) is 5.85. The van der Waals surface area contributed by atoms with Gasteiger partial charge >= 0.3 is 0 Å². The second kappa shape index (κ2) is 3.94. The van der Waals surface area contributed by atoms with Crippen molar-refractivity contribution in [1.82, 2.24) is 9.55 Å². The number of rotatable bonds is 1. The van der Waals surface area contributed by atoms with Gasteiger partial charge in [0.25, 0.3) is 0 Å². The molecule has 1 aromatic heterocycles. The lowest BCUT2D eigenvalue weighted by molar-refractivity contribution is 0.936. The van der Waals surface area contributed by atoms with Gasteiger partial charge in [-0.3, -0.25) is 0 Å². The Bertz CT molecular complexity index is 543. The lowest BCUT2D eigenvalue weighted by Crippen LogP contribution is -1.99. The van der Waals surface area contributed by atoms with Crippen molar-refractivity contribution in [3.05, 3.63) is 33.9 Å². The Kier molecular flexibility index (Phi) is 2.76. The van der Waals surface area contributed by atoms with Gasteiger partial charge in [0.2, 0.25) is 5.95 Å². The van der Waals surface area contributed by atoms with Crippen LogP contribution in [0, 0.1) is 13.8 Å². The molecule has 0 saturated heterocycles. The molecular weight excluding hydrogens is 266 g/mol. The Morgan fingerprint density at radius 2 is 2.00 bits per heavy atom. The number of aromatic nitrogens is 2. The van der Waals surface area contributed by atoms with Crippen LogP contribution in [0.1, 0.15) is 11.1 Å². The summed E-state index contributed by atoms with van der Waals surface area (Å²) in [6.45, 7) is 4.18. The van der Waals surface area contributed by atoms with E-state index in [1.54, 1.807) is 0 Å². The van der Waals surface area contributed by atoms with Gasteiger partial charge in [0, 0.05) is 12.6 Å². The largest absolute Gasteiger partial charge is 0.369 e. The van der Waals surface area contributed by atoms with Crippen LogP contribution in [0.15, 0.2) is 22.8 Å². The Hall–Kier alpha value is -1.29. The van der Waals surface area contributed by atoms with Gasteiger partial charge in [0.15, 0.2) is 0 Å². The van der Waals surface area contributed by atoms with E-state index in [4.69, 9.17) is 5.73 Å². The maximum Gasteiger partial charge on any atom is 0.201 e. The van der Waals surface area contributed by atoms with Crippen LogP contribution in [0.5, 0.6) is 0 Å². The van der Waals surface area contributed by atoms with Gasteiger partial charge in [0.1, 0.15) is 4.60 Å². The highest BCUT2D eigenvalue weighted by atomic mass is 79.9. The van der Waals surface area contributed by atoms with E-state index in [9.17, 15) is 0 Å². The molecule has 2 aromatic rings. The van der Waals surface area contributed by atoms with Crippen LogP contribution in [0.2, 0.25) is 0 Å². The highest BCUT2D eigenvalue weighted by Gasteiger charge is 2.14. The summed E-state index contributed by atoms with van der Waals surface area (Å²) in [4.78, 5) is 4.21. The molecule has 0 saturated carbocycles. The molecule has 16 heavy (non-hydrogen) atoms. The number of anilines is 1. The van der Waals surface area contributed by atoms with Gasteiger partial charge in [-0.05, 0) is 35.3 Å². The summed E-state index contributed by atoms with van der Waals surface area (Å²) < 4.78 is 2.68. The molecule has 84 valence electrons. The average Bonchev–Trinajstić information content (AvgIpc) is 2.43. The minimum Gasteiger partial charge on any atom is -0.369 e. The third kappa shape index (κ3) is 1.73. The summed E-state index contributed by atoms with van der Waals surface area (Å²) in [6, 6.07) is 6.36. The van der Waals surface area contributed by atoms with E-state index in [0.29, 0.717) is 5.95 Å². The van der Waals surface area contributed by atoms with Crippen molar-refractivity contribution >= 4 is 21.9 Å². The van der Waals surface area contributed by atoms with Crippen molar-refractivity contribution in [2.45, 2.75) is 13.8 Å². The van der Waals surface area contributed by atoms with E-state index in [1.807, 2.05) is 11.6 Å². The first-order valence-electron chi connectivity index (χ1n) is 5.06. The lowest BCUT2D eigenvalue weighted by Gasteiger charge is -2.08. The molecular formula is C12H14BrN3. The molecule has 0 unspecified atom stereocenters. The van der Waals surface area contributed by atoms with Crippen LogP contribution < -0.4 is 5.73 Å². The number of hydrogen-bond acceptors (Lipinski definition) is 2. The fourth-order valence-corrected chi connectivity index (χ4v) is 2.51. The normalized spacial score (nSPS) is 10.8. The predicted molar refractivity (Wildman–Crippen MR) is 70.2 cm³/mol. The van der Waals surface area contributed by atoms with E-state index in [2.05, 4.69) is 53.0 Å². The first kappa shape index (κ1) is 11.2. The third-order valence-corrected chi connectivity index (χ3v) is 3.28. The van der Waals surface area contributed by atoms with E-state index >= 15 is 0 Å². The molecule has 0 spiro atoms. The standard InChI is InChI=1S/C12H14BrN3/c1-7-4-5-9(8(2)6-7)10-11(13)15-12(14)16(10)3/h4-6H,1-3H3,(H2,14,15). The molecule has 1 heterocycles. The summed E-state index contributed by atoms with van der Waals surface area (Å²) in [7, 11) is 1.92. The molecule has 0 radical (unpaired) electrons. The lowest BCUT2D eigenvalue weighted by atomic mass is 10.0. The van der Waals surface area contributed by atoms with Gasteiger partial charge in [-0.15, -0.1) is 0 Å². The summed E-state index contributed by atoms with van der Waals surface area (Å²) in [5, 5.41) is 0. The zero-order valence-corrected chi connectivity index (χ0v) is 11.2. The molecule has 0 bridgehead atoms. The summed E-state index contributed by atoms with van der Waals surface area (Å²) in [6.07, 6.45) is 0. The number of hydrogen-bond donors (Lipinski definition) is 1. The molecule has 4 heteroatoms. The average molecular weight is 280 g/mol. The quantitative estimate of drug-likeness (QED) is 0.872. The molecule has 3 nitrogen and oxygen atoms in total. The molecule has 2 rings (SSSR count). The Morgan fingerprint density at radius 3 is 2.50 bits per heavy atom. The Labute approximate surface area is 103 Å². The molecule has 1 aromatic carbocycles. The molecule has 0 aliphatic rings. The predicted octanol–water partition coefficient (Wildman–Crippen LogP) is 3.05. The van der Waals surface area contributed by atoms with Crippen LogP contribution in [0.25, 0.3) is 11.3 Å². The number of imidazole rings is 1. The second-order valence-electron chi connectivity index (χ2n) is 3.99. The van der Waals surface area contributed by atoms with Gasteiger partial charge in [-0.25, -0.2) is 4.98 Å². The van der Waals surface area contributed by atoms with Gasteiger partial charge in [-0.1, -0.05) is 23.8 Å². The van der Waals surface area contributed by atoms with Crippen LogP contribution in [-0.4, -0.2) is 9.55 Å². The van der Waals surface area contributed by atoms with E-state index < -0.39 is 0 Å². The van der Waals surface area contributed by atoms with Crippen molar-refractivity contribution in [2.24, 2.45) is 7.05 Å². The highest BCUT2D eigenvalue weighted by Crippen LogP contribution is 2.31. The van der Waals surface area contributed by atoms with Crippen molar-refractivity contribution in [3.8, 4) is 11.3 Å². The minimum absolute atomic E-state index is 0.516. The van der Waals surface area contributed by atoms with E-state index in [-0.39, 0.29) is 0 Å². The Morgan fingerprint density at radius 1 is 1.31 bits per heavy atom. The monoisotopic (exact) mass is 279 g/mol. The maximum absolute atomic E-state index is 5.78. The number of nitrogen functional groups attached to an aromatic ring is 1. The highest BCUT2D eigenvalue weighted by molar-refractivity contribution is 9.10. The first-order chi connectivity index (χ1) is 7.50. The minimum atomic E-state index is 0.516. The van der Waals surface area contributed by atoms with E-state index in [0.717, 1.165) is 15.9 Å². The molecule has 0 aliphatic heterocycles. The summed E-state index contributed by atoms with van der Waals surface area (Å²) in [5.41, 5.74) is 10.4. The van der Waals surface area contributed by atoms with Crippen LogP contribution in [0.4, 0.5) is 5.95 Å². The topological polar surface area (TPSA) is 43.8 Å².